The third kappa shape index (κ3) is 4.66. The van der Waals surface area contributed by atoms with Crippen LogP contribution in [0, 0.1) is 17.1 Å². The fourth-order valence-corrected chi connectivity index (χ4v) is 3.92. The molecule has 33 heavy (non-hydrogen) atoms. The number of hydrogen-bond acceptors (Lipinski definition) is 6. The van der Waals surface area contributed by atoms with Gasteiger partial charge in [-0.2, -0.15) is 10.4 Å². The summed E-state index contributed by atoms with van der Waals surface area (Å²) in [4.78, 5) is 11.5. The van der Waals surface area contributed by atoms with Crippen molar-refractivity contribution in [3.63, 3.8) is 0 Å². The van der Waals surface area contributed by atoms with Crippen LogP contribution in [0.5, 0.6) is 5.75 Å². The molecule has 1 aliphatic rings. The van der Waals surface area contributed by atoms with Gasteiger partial charge in [-0.05, 0) is 42.7 Å². The molecular weight excluding hydrogens is 425 g/mol. The number of para-hydroxylation sites is 1. The van der Waals surface area contributed by atoms with E-state index in [1.54, 1.807) is 41.1 Å². The number of nitriles is 1. The maximum Gasteiger partial charge on any atom is 0.252 e. The topological polar surface area (TPSA) is 129 Å². The summed E-state index contributed by atoms with van der Waals surface area (Å²) in [6, 6.07) is 13.4. The number of rotatable bonds is 7. The molecule has 1 amide bonds. The van der Waals surface area contributed by atoms with E-state index in [-0.39, 0.29) is 35.3 Å². The van der Waals surface area contributed by atoms with E-state index in [4.69, 9.17) is 20.9 Å². The van der Waals surface area contributed by atoms with E-state index in [9.17, 15) is 10.1 Å². The largest absolute Gasteiger partial charge is 0.492 e. The number of primary amides is 1. The minimum atomic E-state index is -0.576. The highest BCUT2D eigenvalue weighted by molar-refractivity contribution is 5.95. The highest BCUT2D eigenvalue weighted by atomic mass is 19.1. The van der Waals surface area contributed by atoms with Crippen LogP contribution in [0.3, 0.4) is 0 Å². The molecule has 9 heteroatoms. The summed E-state index contributed by atoms with van der Waals surface area (Å²) in [5, 5.41) is 14.1. The first-order valence-electron chi connectivity index (χ1n) is 10.7. The van der Waals surface area contributed by atoms with E-state index in [1.807, 2.05) is 0 Å². The SMILES string of the molecule is N#Cc1c(-c2ccc(CCOc3ccccc3C(N)=O)cc2F)nn(C2CCCOC2)c1N. The normalized spacial score (nSPS) is 15.7. The van der Waals surface area contributed by atoms with Crippen molar-refractivity contribution in [1.82, 2.24) is 9.78 Å². The van der Waals surface area contributed by atoms with E-state index < -0.39 is 11.7 Å². The van der Waals surface area contributed by atoms with Gasteiger partial charge in [0.1, 0.15) is 34.7 Å². The monoisotopic (exact) mass is 449 g/mol. The number of nitrogens with two attached hydrogens (primary N) is 2. The summed E-state index contributed by atoms with van der Waals surface area (Å²) in [5.41, 5.74) is 13.1. The minimum absolute atomic E-state index is 0.0811. The van der Waals surface area contributed by atoms with Gasteiger partial charge in [0.15, 0.2) is 0 Å². The summed E-state index contributed by atoms with van der Waals surface area (Å²) >= 11 is 0. The predicted octanol–water partition coefficient (Wildman–Crippen LogP) is 3.21. The first-order valence-corrected chi connectivity index (χ1v) is 10.7. The highest BCUT2D eigenvalue weighted by Crippen LogP contribution is 2.32. The molecule has 1 saturated heterocycles. The number of carbonyl (C=O) groups is 1. The maximum absolute atomic E-state index is 15.0. The molecule has 170 valence electrons. The molecule has 1 fully saturated rings. The molecule has 2 heterocycles. The first kappa shape index (κ1) is 22.3. The zero-order valence-electron chi connectivity index (χ0n) is 18.0. The molecule has 2 aromatic carbocycles. The number of halogens is 1. The molecule has 1 aliphatic heterocycles. The fourth-order valence-electron chi connectivity index (χ4n) is 3.92. The third-order valence-corrected chi connectivity index (χ3v) is 5.63. The zero-order valence-corrected chi connectivity index (χ0v) is 18.0. The Hall–Kier alpha value is -3.90. The Morgan fingerprint density at radius 1 is 1.33 bits per heavy atom. The molecule has 0 aliphatic carbocycles. The van der Waals surface area contributed by atoms with Crippen LogP contribution < -0.4 is 16.2 Å². The van der Waals surface area contributed by atoms with E-state index >= 15 is 4.39 Å². The van der Waals surface area contributed by atoms with Gasteiger partial charge in [-0.3, -0.25) is 4.79 Å². The lowest BCUT2D eigenvalue weighted by molar-refractivity contribution is 0.0558. The van der Waals surface area contributed by atoms with Crippen LogP contribution >= 0.6 is 0 Å². The van der Waals surface area contributed by atoms with E-state index in [1.165, 1.54) is 6.07 Å². The van der Waals surface area contributed by atoms with Crippen molar-refractivity contribution in [2.45, 2.75) is 25.3 Å². The highest BCUT2D eigenvalue weighted by Gasteiger charge is 2.25. The lowest BCUT2D eigenvalue weighted by atomic mass is 10.0. The number of benzene rings is 2. The van der Waals surface area contributed by atoms with Crippen molar-refractivity contribution in [1.29, 1.82) is 5.26 Å². The first-order chi connectivity index (χ1) is 16.0. The van der Waals surface area contributed by atoms with Gasteiger partial charge in [-0.15, -0.1) is 0 Å². The lowest BCUT2D eigenvalue weighted by Crippen LogP contribution is -2.23. The summed E-state index contributed by atoms with van der Waals surface area (Å²) in [6.07, 6.45) is 2.11. The molecule has 3 aromatic rings. The Bertz CT molecular complexity index is 1210. The van der Waals surface area contributed by atoms with Gasteiger partial charge in [-0.1, -0.05) is 18.2 Å². The van der Waals surface area contributed by atoms with Crippen molar-refractivity contribution in [2.24, 2.45) is 5.73 Å². The standard InChI is InChI=1S/C24H24FN5O3/c25-20-12-15(9-11-33-21-6-2-1-5-18(21)24(28)31)7-8-17(20)22-19(13-26)23(27)30(29-22)16-4-3-10-32-14-16/h1-2,5-8,12,16H,3-4,9-11,14,27H2,(H2,28,31). The van der Waals surface area contributed by atoms with Crippen LogP contribution in [0.15, 0.2) is 42.5 Å². The van der Waals surface area contributed by atoms with Gasteiger partial charge >= 0.3 is 0 Å². The molecule has 8 nitrogen and oxygen atoms in total. The molecule has 0 radical (unpaired) electrons. The Labute approximate surface area is 190 Å². The second-order valence-electron chi connectivity index (χ2n) is 7.81. The van der Waals surface area contributed by atoms with Crippen molar-refractivity contribution >= 4 is 11.7 Å². The maximum atomic E-state index is 15.0. The molecule has 1 atom stereocenters. The van der Waals surface area contributed by atoms with Crippen molar-refractivity contribution < 1.29 is 18.7 Å². The third-order valence-electron chi connectivity index (χ3n) is 5.63. The predicted molar refractivity (Wildman–Crippen MR) is 120 cm³/mol. The van der Waals surface area contributed by atoms with Crippen LogP contribution in [0.1, 0.15) is 40.4 Å². The number of nitrogen functional groups attached to an aromatic ring is 1. The number of hydrogen-bond donors (Lipinski definition) is 2. The van der Waals surface area contributed by atoms with Crippen molar-refractivity contribution in [3.05, 3.63) is 65.0 Å². The van der Waals surface area contributed by atoms with E-state index in [2.05, 4.69) is 11.2 Å². The quantitative estimate of drug-likeness (QED) is 0.570. The molecule has 0 saturated carbocycles. The summed E-state index contributed by atoms with van der Waals surface area (Å²) < 4.78 is 27.8. The average molecular weight is 449 g/mol. The molecule has 0 bridgehead atoms. The number of nitrogens with zero attached hydrogens (tertiary/aromatic N) is 3. The molecule has 4 rings (SSSR count). The van der Waals surface area contributed by atoms with Gasteiger partial charge in [0, 0.05) is 18.6 Å². The van der Waals surface area contributed by atoms with Gasteiger partial charge in [0.2, 0.25) is 0 Å². The number of ether oxygens (including phenoxy) is 2. The molecular formula is C24H24FN5O3. The van der Waals surface area contributed by atoms with Gasteiger partial charge in [0.05, 0.1) is 24.8 Å². The summed E-state index contributed by atoms with van der Waals surface area (Å²) in [5.74, 6) is -0.486. The van der Waals surface area contributed by atoms with Crippen LogP contribution in [0.2, 0.25) is 0 Å². The summed E-state index contributed by atoms with van der Waals surface area (Å²) in [7, 11) is 0. The second kappa shape index (κ2) is 9.71. The van der Waals surface area contributed by atoms with Gasteiger partial charge < -0.3 is 20.9 Å². The average Bonchev–Trinajstić information content (AvgIpc) is 3.15. The van der Waals surface area contributed by atoms with Crippen molar-refractivity contribution in [3.8, 4) is 23.1 Å². The van der Waals surface area contributed by atoms with E-state index in [0.29, 0.717) is 36.5 Å². The number of carbonyl (C=O) groups excluding carboxylic acids is 1. The fraction of sp³-hybridized carbons (Fsp3) is 0.292. The van der Waals surface area contributed by atoms with Crippen LogP contribution in [-0.2, 0) is 11.2 Å². The Balaban J connectivity index is 1.51. The Kier molecular flexibility index (Phi) is 6.56. The number of anilines is 1. The molecule has 0 spiro atoms. The Morgan fingerprint density at radius 2 is 2.15 bits per heavy atom. The van der Waals surface area contributed by atoms with Gasteiger partial charge in [-0.25, -0.2) is 9.07 Å². The smallest absolute Gasteiger partial charge is 0.252 e. The van der Waals surface area contributed by atoms with Crippen LogP contribution in [0.4, 0.5) is 10.2 Å². The van der Waals surface area contributed by atoms with Gasteiger partial charge in [0.25, 0.3) is 5.91 Å². The lowest BCUT2D eigenvalue weighted by Gasteiger charge is -2.23. The molecule has 1 unspecified atom stereocenters. The molecule has 1 aromatic heterocycles. The van der Waals surface area contributed by atoms with Crippen LogP contribution in [0.25, 0.3) is 11.3 Å². The number of amides is 1. The van der Waals surface area contributed by atoms with Crippen molar-refractivity contribution in [2.75, 3.05) is 25.6 Å². The zero-order chi connectivity index (χ0) is 23.4. The second-order valence-corrected chi connectivity index (χ2v) is 7.81. The molecule has 4 N–H and O–H groups in total. The van der Waals surface area contributed by atoms with Crippen LogP contribution in [-0.4, -0.2) is 35.5 Å². The minimum Gasteiger partial charge on any atom is -0.492 e. The Morgan fingerprint density at radius 3 is 2.85 bits per heavy atom. The summed E-state index contributed by atoms with van der Waals surface area (Å²) in [6.45, 7) is 1.37. The number of aromatic nitrogens is 2. The van der Waals surface area contributed by atoms with E-state index in [0.717, 1.165) is 12.8 Å².